The molecule has 1 aliphatic heterocycles. The van der Waals surface area contributed by atoms with Crippen molar-refractivity contribution in [2.45, 2.75) is 45.1 Å². The molecular formula is C19H23N3O3. The minimum Gasteiger partial charge on any atom is -0.505 e. The number of rotatable bonds is 4. The Morgan fingerprint density at radius 3 is 2.72 bits per heavy atom. The predicted octanol–water partition coefficient (Wildman–Crippen LogP) is 2.88. The van der Waals surface area contributed by atoms with Gasteiger partial charge in [-0.3, -0.25) is 4.79 Å². The van der Waals surface area contributed by atoms with Crippen LogP contribution >= 0.6 is 0 Å². The molecule has 0 aromatic heterocycles. The zero-order valence-electron chi connectivity index (χ0n) is 14.7. The highest BCUT2D eigenvalue weighted by atomic mass is 16.4. The number of fused-ring (bicyclic) bond motifs is 1. The number of allylic oxidation sites excluding steroid dienone is 2. The van der Waals surface area contributed by atoms with E-state index in [2.05, 4.69) is 10.5 Å². The molecular weight excluding hydrogens is 318 g/mol. The first kappa shape index (κ1) is 17.2. The summed E-state index contributed by atoms with van der Waals surface area (Å²) in [5.41, 5.74) is 6.00. The van der Waals surface area contributed by atoms with Gasteiger partial charge in [-0.05, 0) is 29.5 Å². The van der Waals surface area contributed by atoms with Gasteiger partial charge in [-0.1, -0.05) is 45.1 Å². The Labute approximate surface area is 147 Å². The average Bonchev–Trinajstić information content (AvgIpc) is 2.96. The molecule has 1 atom stereocenters. The van der Waals surface area contributed by atoms with Crippen molar-refractivity contribution in [2.75, 3.05) is 5.12 Å². The van der Waals surface area contributed by atoms with Crippen LogP contribution in [0.1, 0.15) is 38.3 Å². The molecule has 6 nitrogen and oxygen atoms in total. The molecule has 1 aliphatic carbocycles. The Kier molecular flexibility index (Phi) is 4.39. The number of anilines is 1. The highest BCUT2D eigenvalue weighted by Gasteiger charge is 2.29. The Balaban J connectivity index is 2.01. The molecule has 0 spiro atoms. The smallest absolute Gasteiger partial charge is 0.303 e. The number of phenolic OH excluding ortho intramolecular Hbond substituents is 1. The van der Waals surface area contributed by atoms with E-state index in [1.165, 1.54) is 0 Å². The molecule has 1 heterocycles. The number of hydrogen-bond donors (Lipinski definition) is 3. The maximum Gasteiger partial charge on any atom is 0.303 e. The van der Waals surface area contributed by atoms with Gasteiger partial charge in [0.05, 0.1) is 11.8 Å². The van der Waals surface area contributed by atoms with Crippen molar-refractivity contribution in [1.82, 2.24) is 5.43 Å². The first-order chi connectivity index (χ1) is 11.8. The van der Waals surface area contributed by atoms with E-state index < -0.39 is 5.97 Å². The quantitative estimate of drug-likeness (QED) is 0.784. The van der Waals surface area contributed by atoms with Gasteiger partial charge in [-0.2, -0.15) is 15.6 Å². The van der Waals surface area contributed by atoms with Crippen molar-refractivity contribution >= 4 is 17.4 Å². The molecule has 25 heavy (non-hydrogen) atoms. The first-order valence-electron chi connectivity index (χ1n) is 8.33. The zero-order valence-corrected chi connectivity index (χ0v) is 14.7. The van der Waals surface area contributed by atoms with Gasteiger partial charge in [0, 0.05) is 12.0 Å². The number of carboxylic acid groups (broad SMARTS) is 1. The molecule has 0 amide bonds. The fourth-order valence-corrected chi connectivity index (χ4v) is 2.94. The Morgan fingerprint density at radius 2 is 2.08 bits per heavy atom. The fraction of sp³-hybridized carbons (Fsp3) is 0.368. The maximum atomic E-state index is 10.9. The molecule has 1 unspecified atom stereocenters. The summed E-state index contributed by atoms with van der Waals surface area (Å²) in [6.45, 7) is 6.05. The minimum atomic E-state index is -0.840. The molecule has 3 N–H and O–H groups in total. The standard InChI is InChI=1S/C19H23N3O3/c1-19(2,3)13-10-12(8-9-17(23)24)11-16(18(13)25)22-20-14-6-4-5-7-15(14)21-22/h4-7,10-11,14,20,25H,8-9H2,1-3H3,(H,23,24). The number of aromatic hydroxyl groups is 1. The van der Waals surface area contributed by atoms with E-state index in [9.17, 15) is 9.90 Å². The lowest BCUT2D eigenvalue weighted by Crippen LogP contribution is -2.37. The number of nitrogens with one attached hydrogen (secondary N) is 1. The van der Waals surface area contributed by atoms with Gasteiger partial charge in [0.15, 0.2) is 0 Å². The van der Waals surface area contributed by atoms with Crippen molar-refractivity contribution in [3.63, 3.8) is 0 Å². The van der Waals surface area contributed by atoms with E-state index in [4.69, 9.17) is 5.11 Å². The highest BCUT2D eigenvalue weighted by Crippen LogP contribution is 2.40. The van der Waals surface area contributed by atoms with Crippen molar-refractivity contribution in [3.8, 4) is 5.75 Å². The lowest BCUT2D eigenvalue weighted by Gasteiger charge is -2.26. The summed E-state index contributed by atoms with van der Waals surface area (Å²) in [5.74, 6) is -0.678. The van der Waals surface area contributed by atoms with Crippen LogP contribution in [0.25, 0.3) is 0 Å². The zero-order chi connectivity index (χ0) is 18.2. The second-order valence-electron chi connectivity index (χ2n) is 7.34. The first-order valence-corrected chi connectivity index (χ1v) is 8.33. The lowest BCUT2D eigenvalue weighted by molar-refractivity contribution is -0.136. The third-order valence-electron chi connectivity index (χ3n) is 4.29. The Hall–Kier alpha value is -2.60. The molecule has 2 aliphatic rings. The SMILES string of the molecule is CC(C)(C)c1cc(CCC(=O)O)cc(N2N=C3C=CC=CC3N2)c1O. The molecule has 132 valence electrons. The molecule has 1 aromatic rings. The number of phenols is 1. The van der Waals surface area contributed by atoms with Gasteiger partial charge >= 0.3 is 5.97 Å². The molecule has 0 fully saturated rings. The third kappa shape index (κ3) is 3.58. The van der Waals surface area contributed by atoms with Crippen LogP contribution in [0.3, 0.4) is 0 Å². The molecule has 0 radical (unpaired) electrons. The molecule has 1 aromatic carbocycles. The van der Waals surface area contributed by atoms with Crippen LogP contribution in [0, 0.1) is 0 Å². The second kappa shape index (κ2) is 6.37. The number of hydrazone groups is 1. The number of hydrogen-bond acceptors (Lipinski definition) is 5. The number of aliphatic carboxylic acids is 1. The van der Waals surface area contributed by atoms with E-state index >= 15 is 0 Å². The van der Waals surface area contributed by atoms with Gasteiger partial charge in [0.25, 0.3) is 0 Å². The third-order valence-corrected chi connectivity index (χ3v) is 4.29. The Morgan fingerprint density at radius 1 is 1.32 bits per heavy atom. The van der Waals surface area contributed by atoms with Gasteiger partial charge in [-0.25, -0.2) is 0 Å². The van der Waals surface area contributed by atoms with Crippen LogP contribution < -0.4 is 10.5 Å². The second-order valence-corrected chi connectivity index (χ2v) is 7.34. The summed E-state index contributed by atoms with van der Waals surface area (Å²) in [5, 5.41) is 25.9. The highest BCUT2D eigenvalue weighted by molar-refractivity contribution is 6.03. The topological polar surface area (TPSA) is 85.2 Å². The van der Waals surface area contributed by atoms with Crippen molar-refractivity contribution in [2.24, 2.45) is 5.10 Å². The number of nitrogens with zero attached hydrogens (tertiary/aromatic N) is 2. The van der Waals surface area contributed by atoms with Gasteiger partial charge in [-0.15, -0.1) is 0 Å². The maximum absolute atomic E-state index is 10.9. The average molecular weight is 341 g/mol. The summed E-state index contributed by atoms with van der Waals surface area (Å²) in [7, 11) is 0. The number of carboxylic acids is 1. The summed E-state index contributed by atoms with van der Waals surface area (Å²) in [4.78, 5) is 10.9. The van der Waals surface area contributed by atoms with E-state index in [0.29, 0.717) is 12.1 Å². The van der Waals surface area contributed by atoms with Gasteiger partial charge in [0.2, 0.25) is 0 Å². The lowest BCUT2D eigenvalue weighted by atomic mass is 9.84. The summed E-state index contributed by atoms with van der Waals surface area (Å²) < 4.78 is 0. The predicted molar refractivity (Wildman–Crippen MR) is 97.9 cm³/mol. The van der Waals surface area contributed by atoms with Gasteiger partial charge in [0.1, 0.15) is 11.4 Å². The Bertz CT molecular complexity index is 788. The summed E-state index contributed by atoms with van der Waals surface area (Å²) in [6, 6.07) is 3.66. The summed E-state index contributed by atoms with van der Waals surface area (Å²) in [6.07, 6.45) is 8.24. The van der Waals surface area contributed by atoms with Crippen LogP contribution in [0.2, 0.25) is 0 Å². The number of hydrazine groups is 1. The van der Waals surface area contributed by atoms with E-state index in [0.717, 1.165) is 16.8 Å². The van der Waals surface area contributed by atoms with Crippen LogP contribution in [0.5, 0.6) is 5.75 Å². The fourth-order valence-electron chi connectivity index (χ4n) is 2.94. The van der Waals surface area contributed by atoms with Crippen molar-refractivity contribution in [1.29, 1.82) is 0 Å². The number of benzene rings is 1. The van der Waals surface area contributed by atoms with Crippen LogP contribution in [-0.4, -0.2) is 27.9 Å². The number of aryl methyl sites for hydroxylation is 1. The van der Waals surface area contributed by atoms with Crippen LogP contribution in [-0.2, 0) is 16.6 Å². The van der Waals surface area contributed by atoms with E-state index in [1.807, 2.05) is 51.1 Å². The normalized spacial score (nSPS) is 19.1. The minimum absolute atomic E-state index is 0.0230. The van der Waals surface area contributed by atoms with Gasteiger partial charge < -0.3 is 10.2 Å². The molecule has 6 heteroatoms. The van der Waals surface area contributed by atoms with Crippen LogP contribution in [0.15, 0.2) is 41.5 Å². The van der Waals surface area contributed by atoms with Crippen molar-refractivity contribution in [3.05, 3.63) is 47.6 Å². The van der Waals surface area contributed by atoms with E-state index in [-0.39, 0.29) is 23.6 Å². The number of carbonyl (C=O) groups is 1. The largest absolute Gasteiger partial charge is 0.505 e. The molecule has 3 rings (SSSR count). The van der Waals surface area contributed by atoms with Crippen molar-refractivity contribution < 1.29 is 15.0 Å². The monoisotopic (exact) mass is 341 g/mol. The van der Waals surface area contributed by atoms with E-state index in [1.54, 1.807) is 11.2 Å². The van der Waals surface area contributed by atoms with Crippen LogP contribution in [0.4, 0.5) is 5.69 Å². The summed E-state index contributed by atoms with van der Waals surface area (Å²) >= 11 is 0. The molecule has 0 saturated carbocycles. The molecule has 0 saturated heterocycles. The molecule has 0 bridgehead atoms.